The highest BCUT2D eigenvalue weighted by Gasteiger charge is 2.52. The Bertz CT molecular complexity index is 2450. The molecule has 0 fully saturated rings. The Kier molecular flexibility index (Phi) is 5.43. The third-order valence-corrected chi connectivity index (χ3v) is 9.50. The molecular weight excluding hydrogens is 578 g/mol. The van der Waals surface area contributed by atoms with Gasteiger partial charge in [0.05, 0.1) is 17.2 Å². The van der Waals surface area contributed by atoms with Crippen LogP contribution in [0.3, 0.4) is 0 Å². The van der Waals surface area contributed by atoms with Crippen LogP contribution in [-0.4, -0.2) is 15.0 Å². The van der Waals surface area contributed by atoms with E-state index in [-0.39, 0.29) is 0 Å². The summed E-state index contributed by atoms with van der Waals surface area (Å²) in [5.41, 5.74) is 9.84. The van der Waals surface area contributed by atoms with Crippen molar-refractivity contribution in [3.8, 4) is 56.8 Å². The van der Waals surface area contributed by atoms with Gasteiger partial charge in [-0.1, -0.05) is 121 Å². The highest BCUT2D eigenvalue weighted by atomic mass is 16.5. The van der Waals surface area contributed by atoms with Crippen LogP contribution in [0.5, 0.6) is 11.5 Å². The maximum atomic E-state index is 6.92. The molecule has 5 heteroatoms. The Hall–Kier alpha value is -6.33. The largest absolute Gasteiger partial charge is 0.464 e. The normalized spacial score (nSPS) is 15.5. The Morgan fingerprint density at radius 2 is 1.06 bits per heavy atom. The van der Waals surface area contributed by atoms with Crippen LogP contribution in [0.4, 0.5) is 0 Å². The molecule has 1 unspecified atom stereocenters. The Morgan fingerprint density at radius 1 is 0.447 bits per heavy atom. The van der Waals surface area contributed by atoms with E-state index in [1.165, 1.54) is 22.3 Å². The van der Waals surface area contributed by atoms with Gasteiger partial charge in [-0.25, -0.2) is 15.0 Å². The molecule has 220 valence electrons. The second-order valence-electron chi connectivity index (χ2n) is 11.9. The number of aromatic nitrogens is 3. The second-order valence-corrected chi connectivity index (χ2v) is 11.9. The first-order chi connectivity index (χ1) is 23.3. The van der Waals surface area contributed by atoms with Crippen LogP contribution in [0.25, 0.3) is 56.3 Å². The topological polar surface area (TPSA) is 61.0 Å². The third-order valence-electron chi connectivity index (χ3n) is 9.50. The molecule has 10 rings (SSSR count). The van der Waals surface area contributed by atoms with Gasteiger partial charge in [0.25, 0.3) is 0 Å². The average molecular weight is 604 g/mol. The van der Waals surface area contributed by atoms with Crippen LogP contribution >= 0.6 is 0 Å². The fourth-order valence-corrected chi connectivity index (χ4v) is 7.57. The first-order valence-corrected chi connectivity index (χ1v) is 15.7. The fraction of sp³-hybridized carbons (Fsp3) is 0.0238. The molecule has 3 heterocycles. The molecule has 0 saturated carbocycles. The lowest BCUT2D eigenvalue weighted by molar-refractivity contribution is 0.437. The summed E-state index contributed by atoms with van der Waals surface area (Å²) in [6, 6.07) is 50.0. The highest BCUT2D eigenvalue weighted by Crippen LogP contribution is 2.64. The molecule has 1 atom stereocenters. The lowest BCUT2D eigenvalue weighted by atomic mass is 9.65. The van der Waals surface area contributed by atoms with Crippen LogP contribution in [0.2, 0.25) is 0 Å². The predicted octanol–water partition coefficient (Wildman–Crippen LogP) is 10.1. The molecule has 5 nitrogen and oxygen atoms in total. The first kappa shape index (κ1) is 25.9. The van der Waals surface area contributed by atoms with Crippen molar-refractivity contribution < 1.29 is 9.15 Å². The lowest BCUT2D eigenvalue weighted by Crippen LogP contribution is -2.32. The number of para-hydroxylation sites is 2. The molecule has 2 aromatic heterocycles. The van der Waals surface area contributed by atoms with Gasteiger partial charge in [0, 0.05) is 27.6 Å². The van der Waals surface area contributed by atoms with Gasteiger partial charge in [-0.05, 0) is 46.5 Å². The summed E-state index contributed by atoms with van der Waals surface area (Å²) in [5, 5.41) is 1.10. The Morgan fingerprint density at radius 3 is 1.83 bits per heavy atom. The first-order valence-electron chi connectivity index (χ1n) is 15.7. The molecule has 1 aliphatic carbocycles. The van der Waals surface area contributed by atoms with E-state index in [1.807, 2.05) is 66.7 Å². The number of hydrogen-bond acceptors (Lipinski definition) is 5. The van der Waals surface area contributed by atoms with Crippen molar-refractivity contribution in [3.05, 3.63) is 174 Å². The molecule has 0 N–H and O–H groups in total. The third kappa shape index (κ3) is 3.62. The number of ether oxygens (including phenoxy) is 1. The van der Waals surface area contributed by atoms with E-state index in [4.69, 9.17) is 24.1 Å². The minimum absolute atomic E-state index is 0.556. The van der Waals surface area contributed by atoms with E-state index in [9.17, 15) is 0 Å². The monoisotopic (exact) mass is 603 g/mol. The molecule has 6 aromatic carbocycles. The number of nitrogens with zero attached hydrogens (tertiary/aromatic N) is 3. The minimum atomic E-state index is -0.630. The van der Waals surface area contributed by atoms with Gasteiger partial charge in [-0.3, -0.25) is 0 Å². The molecule has 1 aliphatic heterocycles. The molecular formula is C42H25N3O2. The van der Waals surface area contributed by atoms with Crippen LogP contribution in [0.15, 0.2) is 156 Å². The zero-order chi connectivity index (χ0) is 31.0. The van der Waals surface area contributed by atoms with Crippen molar-refractivity contribution in [1.82, 2.24) is 15.0 Å². The summed E-state index contributed by atoms with van der Waals surface area (Å²) in [4.78, 5) is 15.1. The van der Waals surface area contributed by atoms with Gasteiger partial charge < -0.3 is 9.15 Å². The number of hydrogen-bond donors (Lipinski definition) is 0. The quantitative estimate of drug-likeness (QED) is 0.201. The van der Waals surface area contributed by atoms with Crippen LogP contribution < -0.4 is 4.74 Å². The van der Waals surface area contributed by atoms with Crippen LogP contribution in [0, 0.1) is 0 Å². The van der Waals surface area contributed by atoms with Gasteiger partial charge >= 0.3 is 0 Å². The van der Waals surface area contributed by atoms with Crippen molar-refractivity contribution >= 4 is 11.0 Å². The maximum absolute atomic E-state index is 6.92. The molecule has 0 bridgehead atoms. The smallest absolute Gasteiger partial charge is 0.167 e. The van der Waals surface area contributed by atoms with Crippen LogP contribution in [0.1, 0.15) is 22.3 Å². The zero-order valence-corrected chi connectivity index (χ0v) is 25.1. The van der Waals surface area contributed by atoms with Crippen LogP contribution in [-0.2, 0) is 5.41 Å². The SMILES string of the molecule is c1ccc(-c2nc(-c3ccccc3)nc(-c3cccc4c3Oc3ccccc3C43c4ccccc4-c4c3ccc3occc43)n2)cc1. The van der Waals surface area contributed by atoms with E-state index >= 15 is 0 Å². The summed E-state index contributed by atoms with van der Waals surface area (Å²) >= 11 is 0. The summed E-state index contributed by atoms with van der Waals surface area (Å²) in [6.07, 6.45) is 1.78. The minimum Gasteiger partial charge on any atom is -0.464 e. The molecule has 0 radical (unpaired) electrons. The van der Waals surface area contributed by atoms with E-state index in [0.717, 1.165) is 50.3 Å². The van der Waals surface area contributed by atoms with Gasteiger partial charge in [0.2, 0.25) is 0 Å². The number of rotatable bonds is 3. The lowest BCUT2D eigenvalue weighted by Gasteiger charge is -2.39. The van der Waals surface area contributed by atoms with Gasteiger partial charge in [0.15, 0.2) is 17.5 Å². The Balaban J connectivity index is 1.29. The molecule has 47 heavy (non-hydrogen) atoms. The summed E-state index contributed by atoms with van der Waals surface area (Å²) in [6.45, 7) is 0. The molecule has 2 aliphatic rings. The van der Waals surface area contributed by atoms with E-state index in [1.54, 1.807) is 6.26 Å². The molecule has 8 aromatic rings. The van der Waals surface area contributed by atoms with E-state index in [0.29, 0.717) is 17.5 Å². The highest BCUT2D eigenvalue weighted by molar-refractivity contribution is 6.03. The van der Waals surface area contributed by atoms with Crippen molar-refractivity contribution in [3.63, 3.8) is 0 Å². The number of furan rings is 1. The zero-order valence-electron chi connectivity index (χ0n) is 25.1. The van der Waals surface area contributed by atoms with Crippen molar-refractivity contribution in [2.45, 2.75) is 5.41 Å². The molecule has 0 saturated heterocycles. The fourth-order valence-electron chi connectivity index (χ4n) is 7.57. The van der Waals surface area contributed by atoms with E-state index < -0.39 is 5.41 Å². The average Bonchev–Trinajstić information content (AvgIpc) is 3.74. The van der Waals surface area contributed by atoms with E-state index in [2.05, 4.69) is 78.9 Å². The molecule has 1 spiro atoms. The number of fused-ring (bicyclic) bond motifs is 11. The van der Waals surface area contributed by atoms with Crippen molar-refractivity contribution in [2.75, 3.05) is 0 Å². The Labute approximate surface area is 270 Å². The summed E-state index contributed by atoms with van der Waals surface area (Å²) in [5.74, 6) is 3.32. The van der Waals surface area contributed by atoms with Gasteiger partial charge in [0.1, 0.15) is 17.1 Å². The van der Waals surface area contributed by atoms with Gasteiger partial charge in [-0.2, -0.15) is 0 Å². The maximum Gasteiger partial charge on any atom is 0.167 e. The summed E-state index contributed by atoms with van der Waals surface area (Å²) in [7, 11) is 0. The number of benzene rings is 6. The standard InChI is InChI=1S/C42H25N3O2/c1-3-12-26(13-4-1)39-43-40(27-14-5-2-6-15-27)45-41(44-39)30-17-11-20-34-38(30)47-36-21-10-9-19-32(36)42(34)31-18-8-7-16-28(31)37-29-24-25-46-35(29)23-22-33(37)42/h1-25H. The van der Waals surface area contributed by atoms with Crippen molar-refractivity contribution in [2.24, 2.45) is 0 Å². The second kappa shape index (κ2) is 9.83. The molecule has 0 amide bonds. The summed E-state index contributed by atoms with van der Waals surface area (Å²) < 4.78 is 12.8. The van der Waals surface area contributed by atoms with Gasteiger partial charge in [-0.15, -0.1) is 0 Å². The van der Waals surface area contributed by atoms with Crippen molar-refractivity contribution in [1.29, 1.82) is 0 Å². The predicted molar refractivity (Wildman–Crippen MR) is 183 cm³/mol.